The number of ether oxygens (including phenoxy) is 1. The normalized spacial score (nSPS) is 21.9. The van der Waals surface area contributed by atoms with Gasteiger partial charge in [-0.05, 0) is 26.2 Å². The largest absolute Gasteiger partial charge is 0.450 e. The lowest BCUT2D eigenvalue weighted by Gasteiger charge is -2.18. The summed E-state index contributed by atoms with van der Waals surface area (Å²) in [6.45, 7) is 2.24. The van der Waals surface area contributed by atoms with E-state index in [-0.39, 0.29) is 12.1 Å². The zero-order chi connectivity index (χ0) is 8.81. The molecule has 1 amide bonds. The highest BCUT2D eigenvalue weighted by molar-refractivity contribution is 5.67. The molecule has 0 spiro atoms. The third-order valence-electron chi connectivity index (χ3n) is 1.87. The van der Waals surface area contributed by atoms with Crippen LogP contribution in [0.15, 0.2) is 12.2 Å². The molecule has 0 aromatic heterocycles. The summed E-state index contributed by atoms with van der Waals surface area (Å²) in [5.74, 6) is 0. The maximum atomic E-state index is 11.0. The molecular weight excluding hydrogens is 154 g/mol. The molecule has 1 unspecified atom stereocenters. The number of hydrogen-bond acceptors (Lipinski definition) is 2. The zero-order valence-corrected chi connectivity index (χ0v) is 7.38. The van der Waals surface area contributed by atoms with Crippen LogP contribution >= 0.6 is 0 Å². The summed E-state index contributed by atoms with van der Waals surface area (Å²) in [5, 5.41) is 2.81. The minimum atomic E-state index is -0.294. The average molecular weight is 169 g/mol. The summed E-state index contributed by atoms with van der Waals surface area (Å²) >= 11 is 0. The van der Waals surface area contributed by atoms with Crippen LogP contribution in [-0.4, -0.2) is 18.7 Å². The highest BCUT2D eigenvalue weighted by Gasteiger charge is 2.12. The van der Waals surface area contributed by atoms with Gasteiger partial charge in [0.1, 0.15) is 0 Å². The molecule has 0 aromatic carbocycles. The van der Waals surface area contributed by atoms with Crippen LogP contribution in [0.25, 0.3) is 0 Å². The van der Waals surface area contributed by atoms with Crippen molar-refractivity contribution in [1.29, 1.82) is 0 Å². The Morgan fingerprint density at radius 2 is 2.50 bits per heavy atom. The van der Waals surface area contributed by atoms with Gasteiger partial charge in [0.05, 0.1) is 6.61 Å². The maximum absolute atomic E-state index is 11.0. The van der Waals surface area contributed by atoms with E-state index in [9.17, 15) is 4.79 Å². The van der Waals surface area contributed by atoms with Crippen LogP contribution < -0.4 is 5.32 Å². The van der Waals surface area contributed by atoms with Crippen LogP contribution in [0.5, 0.6) is 0 Å². The molecule has 0 saturated heterocycles. The van der Waals surface area contributed by atoms with Crippen LogP contribution in [0.2, 0.25) is 0 Å². The Morgan fingerprint density at radius 3 is 3.08 bits per heavy atom. The van der Waals surface area contributed by atoms with Crippen molar-refractivity contribution in [3.63, 3.8) is 0 Å². The SMILES string of the molecule is CCOC(=O)NC1CC=CCC1. The second kappa shape index (κ2) is 4.80. The first-order valence-electron chi connectivity index (χ1n) is 4.41. The van der Waals surface area contributed by atoms with Gasteiger partial charge in [0.25, 0.3) is 0 Å². The van der Waals surface area contributed by atoms with E-state index in [2.05, 4.69) is 17.5 Å². The fourth-order valence-corrected chi connectivity index (χ4v) is 1.26. The molecular formula is C9H15NO2. The van der Waals surface area contributed by atoms with Crippen molar-refractivity contribution < 1.29 is 9.53 Å². The van der Waals surface area contributed by atoms with Crippen molar-refractivity contribution >= 4 is 6.09 Å². The summed E-state index contributed by atoms with van der Waals surface area (Å²) in [4.78, 5) is 11.0. The first-order valence-corrected chi connectivity index (χ1v) is 4.41. The second-order valence-corrected chi connectivity index (χ2v) is 2.85. The van der Waals surface area contributed by atoms with E-state index in [1.54, 1.807) is 6.92 Å². The van der Waals surface area contributed by atoms with Crippen LogP contribution in [-0.2, 0) is 4.74 Å². The summed E-state index contributed by atoms with van der Waals surface area (Å²) in [5.41, 5.74) is 0. The number of allylic oxidation sites excluding steroid dienone is 1. The minimum absolute atomic E-state index is 0.272. The summed E-state index contributed by atoms with van der Waals surface area (Å²) in [7, 11) is 0. The molecule has 0 radical (unpaired) electrons. The summed E-state index contributed by atoms with van der Waals surface area (Å²) in [6, 6.07) is 0.272. The molecule has 0 aliphatic heterocycles. The number of amides is 1. The van der Waals surface area contributed by atoms with Gasteiger partial charge in [-0.1, -0.05) is 12.2 Å². The van der Waals surface area contributed by atoms with Crippen LogP contribution in [0.4, 0.5) is 4.79 Å². The number of alkyl carbamates (subject to hydrolysis) is 1. The molecule has 0 bridgehead atoms. The maximum Gasteiger partial charge on any atom is 0.407 e. The molecule has 12 heavy (non-hydrogen) atoms. The predicted octanol–water partition coefficient (Wildman–Crippen LogP) is 1.84. The molecule has 3 heteroatoms. The number of rotatable bonds is 2. The standard InChI is InChI=1S/C9H15NO2/c1-2-12-9(11)10-8-6-4-3-5-7-8/h3-4,8H,2,5-7H2,1H3,(H,10,11). The molecule has 0 fully saturated rings. The van der Waals surface area contributed by atoms with E-state index >= 15 is 0 Å². The molecule has 3 nitrogen and oxygen atoms in total. The van der Waals surface area contributed by atoms with E-state index in [0.717, 1.165) is 19.3 Å². The Kier molecular flexibility index (Phi) is 3.64. The number of hydrogen-bond donors (Lipinski definition) is 1. The van der Waals surface area contributed by atoms with E-state index in [1.165, 1.54) is 0 Å². The van der Waals surface area contributed by atoms with Crippen molar-refractivity contribution in [2.24, 2.45) is 0 Å². The Morgan fingerprint density at radius 1 is 1.67 bits per heavy atom. The average Bonchev–Trinajstić information content (AvgIpc) is 2.06. The number of carbonyl (C=O) groups is 1. The quantitative estimate of drug-likeness (QED) is 0.640. The molecule has 1 rings (SSSR count). The fraction of sp³-hybridized carbons (Fsp3) is 0.667. The van der Waals surface area contributed by atoms with Gasteiger partial charge in [-0.15, -0.1) is 0 Å². The summed E-state index contributed by atoms with van der Waals surface area (Å²) < 4.78 is 4.77. The molecule has 0 aromatic rings. The van der Waals surface area contributed by atoms with Gasteiger partial charge < -0.3 is 10.1 Å². The Balaban J connectivity index is 2.21. The molecule has 0 heterocycles. The van der Waals surface area contributed by atoms with E-state index in [1.807, 2.05) is 0 Å². The van der Waals surface area contributed by atoms with E-state index < -0.39 is 0 Å². The highest BCUT2D eigenvalue weighted by atomic mass is 16.5. The van der Waals surface area contributed by atoms with Gasteiger partial charge in [-0.3, -0.25) is 0 Å². The Hall–Kier alpha value is -0.990. The van der Waals surface area contributed by atoms with Crippen LogP contribution in [0.1, 0.15) is 26.2 Å². The van der Waals surface area contributed by atoms with Crippen molar-refractivity contribution in [3.05, 3.63) is 12.2 Å². The van der Waals surface area contributed by atoms with Crippen LogP contribution in [0.3, 0.4) is 0 Å². The Labute approximate surface area is 72.8 Å². The monoisotopic (exact) mass is 169 g/mol. The van der Waals surface area contributed by atoms with Crippen LogP contribution in [0, 0.1) is 0 Å². The smallest absolute Gasteiger partial charge is 0.407 e. The Bertz CT molecular complexity index is 177. The van der Waals surface area contributed by atoms with Crippen molar-refractivity contribution in [2.75, 3.05) is 6.61 Å². The van der Waals surface area contributed by atoms with E-state index in [4.69, 9.17) is 4.74 Å². The van der Waals surface area contributed by atoms with Gasteiger partial charge in [-0.2, -0.15) is 0 Å². The van der Waals surface area contributed by atoms with Crippen molar-refractivity contribution in [1.82, 2.24) is 5.32 Å². The highest BCUT2D eigenvalue weighted by Crippen LogP contribution is 2.10. The predicted molar refractivity (Wildman–Crippen MR) is 46.9 cm³/mol. The molecule has 0 saturated carbocycles. The van der Waals surface area contributed by atoms with Gasteiger partial charge in [-0.25, -0.2) is 4.79 Å². The van der Waals surface area contributed by atoms with Crippen molar-refractivity contribution in [3.8, 4) is 0 Å². The third kappa shape index (κ3) is 2.95. The molecule has 68 valence electrons. The lowest BCUT2D eigenvalue weighted by Crippen LogP contribution is -2.35. The lowest BCUT2D eigenvalue weighted by atomic mass is 10.0. The summed E-state index contributed by atoms with van der Waals surface area (Å²) in [6.07, 6.45) is 6.95. The van der Waals surface area contributed by atoms with Gasteiger partial charge in [0, 0.05) is 6.04 Å². The molecule has 1 atom stereocenters. The second-order valence-electron chi connectivity index (χ2n) is 2.85. The first-order chi connectivity index (χ1) is 5.83. The lowest BCUT2D eigenvalue weighted by molar-refractivity contribution is 0.147. The molecule has 1 aliphatic rings. The van der Waals surface area contributed by atoms with Gasteiger partial charge in [0.15, 0.2) is 0 Å². The van der Waals surface area contributed by atoms with Gasteiger partial charge in [0.2, 0.25) is 0 Å². The third-order valence-corrected chi connectivity index (χ3v) is 1.87. The number of carbonyl (C=O) groups excluding carboxylic acids is 1. The number of nitrogens with one attached hydrogen (secondary N) is 1. The zero-order valence-electron chi connectivity index (χ0n) is 7.38. The van der Waals surface area contributed by atoms with Crippen molar-refractivity contribution in [2.45, 2.75) is 32.2 Å². The minimum Gasteiger partial charge on any atom is -0.450 e. The van der Waals surface area contributed by atoms with E-state index in [0.29, 0.717) is 6.61 Å². The fourth-order valence-electron chi connectivity index (χ4n) is 1.26. The molecule has 1 aliphatic carbocycles. The van der Waals surface area contributed by atoms with Gasteiger partial charge >= 0.3 is 6.09 Å². The molecule has 1 N–H and O–H groups in total. The first kappa shape index (κ1) is 9.10. The topological polar surface area (TPSA) is 38.3 Å².